The lowest BCUT2D eigenvalue weighted by Gasteiger charge is -2.26. The molecule has 0 spiro atoms. The number of nitrogens with one attached hydrogen (secondary N) is 3. The maximum Gasteiger partial charge on any atom is 0.326 e. The number of carboxylic acid groups (broad SMARTS) is 2. The van der Waals surface area contributed by atoms with E-state index in [2.05, 4.69) is 20.9 Å². The number of carboxylic acids is 2. The quantitative estimate of drug-likeness (QED) is 0.0630. The minimum atomic E-state index is -1.58. The molecule has 0 aliphatic heterocycles. The molecule has 11 N–H and O–H groups in total. The van der Waals surface area contributed by atoms with Crippen molar-refractivity contribution in [2.45, 2.75) is 84.0 Å². The first-order valence-corrected chi connectivity index (χ1v) is 11.9. The van der Waals surface area contributed by atoms with Crippen LogP contribution < -0.4 is 33.2 Å². The van der Waals surface area contributed by atoms with E-state index in [0.29, 0.717) is 6.42 Å². The summed E-state index contributed by atoms with van der Waals surface area (Å²) < 4.78 is 0. The van der Waals surface area contributed by atoms with Crippen LogP contribution in [0.1, 0.15) is 59.8 Å². The van der Waals surface area contributed by atoms with Gasteiger partial charge in [0.05, 0.1) is 12.5 Å². The number of carbonyl (C=O) groups excluding carboxylic acids is 3. The second-order valence-corrected chi connectivity index (χ2v) is 9.11. The molecule has 0 radical (unpaired) electrons. The average Bonchev–Trinajstić information content (AvgIpc) is 2.77. The molecule has 0 fully saturated rings. The predicted molar refractivity (Wildman–Crippen MR) is 132 cm³/mol. The first-order chi connectivity index (χ1) is 16.7. The van der Waals surface area contributed by atoms with E-state index < -0.39 is 60.2 Å². The molecular weight excluding hydrogens is 474 g/mol. The minimum absolute atomic E-state index is 0.0636. The van der Waals surface area contributed by atoms with Crippen LogP contribution in [0.25, 0.3) is 0 Å². The summed E-state index contributed by atoms with van der Waals surface area (Å²) >= 11 is 0. The fourth-order valence-electron chi connectivity index (χ4n) is 3.17. The van der Waals surface area contributed by atoms with E-state index in [-0.39, 0.29) is 43.6 Å². The number of hydrogen-bond donors (Lipinski definition) is 8. The van der Waals surface area contributed by atoms with Crippen molar-refractivity contribution < 1.29 is 34.2 Å². The summed E-state index contributed by atoms with van der Waals surface area (Å²) in [4.78, 5) is 65.0. The van der Waals surface area contributed by atoms with E-state index in [4.69, 9.17) is 17.2 Å². The van der Waals surface area contributed by atoms with E-state index in [9.17, 15) is 34.2 Å². The third-order valence-corrected chi connectivity index (χ3v) is 5.47. The van der Waals surface area contributed by atoms with Crippen molar-refractivity contribution in [2.75, 3.05) is 6.54 Å². The highest BCUT2D eigenvalue weighted by atomic mass is 16.4. The van der Waals surface area contributed by atoms with Crippen molar-refractivity contribution in [3.8, 4) is 0 Å². The van der Waals surface area contributed by atoms with Crippen LogP contribution in [0.4, 0.5) is 0 Å². The van der Waals surface area contributed by atoms with Gasteiger partial charge in [-0.05, 0) is 31.1 Å². The Balaban J connectivity index is 5.67. The molecule has 5 unspecified atom stereocenters. The number of carbonyl (C=O) groups is 5. The minimum Gasteiger partial charge on any atom is -0.481 e. The molecule has 206 valence electrons. The molecule has 0 heterocycles. The van der Waals surface area contributed by atoms with Gasteiger partial charge in [-0.25, -0.2) is 4.79 Å². The summed E-state index contributed by atoms with van der Waals surface area (Å²) in [5, 5.41) is 25.7. The average molecular weight is 516 g/mol. The highest BCUT2D eigenvalue weighted by Gasteiger charge is 2.32. The van der Waals surface area contributed by atoms with Gasteiger partial charge in [0.15, 0.2) is 5.96 Å². The molecule has 0 saturated carbocycles. The van der Waals surface area contributed by atoms with E-state index in [1.807, 2.05) is 6.92 Å². The van der Waals surface area contributed by atoms with Crippen LogP contribution in [-0.2, 0) is 24.0 Å². The second-order valence-electron chi connectivity index (χ2n) is 9.11. The van der Waals surface area contributed by atoms with Gasteiger partial charge in [0.1, 0.15) is 18.1 Å². The van der Waals surface area contributed by atoms with Gasteiger partial charge < -0.3 is 43.4 Å². The topological polar surface area (TPSA) is 252 Å². The van der Waals surface area contributed by atoms with Crippen LogP contribution >= 0.6 is 0 Å². The highest BCUT2D eigenvalue weighted by Crippen LogP contribution is 2.09. The molecule has 0 aromatic heterocycles. The fourth-order valence-corrected chi connectivity index (χ4v) is 3.17. The van der Waals surface area contributed by atoms with Gasteiger partial charge in [0, 0.05) is 6.54 Å². The van der Waals surface area contributed by atoms with Crippen molar-refractivity contribution in [1.29, 1.82) is 0 Å². The number of aliphatic imine (C=N–C) groups is 1. The molecule has 0 bridgehead atoms. The van der Waals surface area contributed by atoms with Crippen molar-refractivity contribution in [2.24, 2.45) is 34.0 Å². The molecular formula is C22H41N7O7. The van der Waals surface area contributed by atoms with Gasteiger partial charge in [0.2, 0.25) is 17.7 Å². The predicted octanol–water partition coefficient (Wildman–Crippen LogP) is -1.53. The lowest BCUT2D eigenvalue weighted by molar-refractivity contribution is -0.144. The van der Waals surface area contributed by atoms with Crippen molar-refractivity contribution in [3.05, 3.63) is 0 Å². The SMILES string of the molecule is CCC(C)C(N)C(=O)NC(CCCN=C(N)N)C(=O)NC(CC(=O)O)C(=O)NC(CC(C)C)C(=O)O. The van der Waals surface area contributed by atoms with E-state index in [1.165, 1.54) is 0 Å². The summed E-state index contributed by atoms with van der Waals surface area (Å²) in [6.07, 6.45) is 0.268. The summed E-state index contributed by atoms with van der Waals surface area (Å²) in [7, 11) is 0. The second kappa shape index (κ2) is 16.3. The summed E-state index contributed by atoms with van der Waals surface area (Å²) in [6.45, 7) is 7.32. The molecule has 0 aliphatic carbocycles. The van der Waals surface area contributed by atoms with Crippen LogP contribution in [0.15, 0.2) is 4.99 Å². The largest absolute Gasteiger partial charge is 0.481 e. The Hall–Kier alpha value is -3.42. The number of nitrogens with zero attached hydrogens (tertiary/aromatic N) is 1. The number of aliphatic carboxylic acids is 2. The first kappa shape index (κ1) is 32.6. The number of guanidine groups is 1. The zero-order valence-corrected chi connectivity index (χ0v) is 21.3. The van der Waals surface area contributed by atoms with Gasteiger partial charge in [-0.3, -0.25) is 24.2 Å². The van der Waals surface area contributed by atoms with E-state index >= 15 is 0 Å². The van der Waals surface area contributed by atoms with E-state index in [1.54, 1.807) is 20.8 Å². The Morgan fingerprint density at radius 2 is 1.39 bits per heavy atom. The van der Waals surface area contributed by atoms with Gasteiger partial charge in [-0.15, -0.1) is 0 Å². The molecule has 36 heavy (non-hydrogen) atoms. The molecule has 0 aromatic carbocycles. The molecule has 14 heteroatoms. The number of nitrogens with two attached hydrogens (primary N) is 3. The van der Waals surface area contributed by atoms with Crippen molar-refractivity contribution in [3.63, 3.8) is 0 Å². The van der Waals surface area contributed by atoms with Crippen LogP contribution in [-0.4, -0.2) is 76.5 Å². The molecule has 0 rings (SSSR count). The van der Waals surface area contributed by atoms with Crippen LogP contribution in [0.3, 0.4) is 0 Å². The van der Waals surface area contributed by atoms with Crippen LogP contribution in [0.2, 0.25) is 0 Å². The van der Waals surface area contributed by atoms with Gasteiger partial charge in [0.25, 0.3) is 0 Å². The number of hydrogen-bond acceptors (Lipinski definition) is 7. The zero-order chi connectivity index (χ0) is 28.0. The molecule has 14 nitrogen and oxygen atoms in total. The van der Waals surface area contributed by atoms with Gasteiger partial charge in [-0.1, -0.05) is 34.1 Å². The zero-order valence-electron chi connectivity index (χ0n) is 21.3. The third kappa shape index (κ3) is 12.9. The molecule has 0 aliphatic rings. The summed E-state index contributed by atoms with van der Waals surface area (Å²) in [5.41, 5.74) is 16.5. The Labute approximate surface area is 210 Å². The first-order valence-electron chi connectivity index (χ1n) is 11.9. The van der Waals surface area contributed by atoms with E-state index in [0.717, 1.165) is 0 Å². The fraction of sp³-hybridized carbons (Fsp3) is 0.727. The maximum atomic E-state index is 13.0. The Morgan fingerprint density at radius 3 is 1.86 bits per heavy atom. The standard InChI is InChI=1S/C22H41N7O7/c1-5-12(4)17(23)20(34)27-13(7-6-8-26-22(24)25)18(32)28-14(10-16(30)31)19(33)29-15(21(35)36)9-11(2)3/h11-15,17H,5-10,23H2,1-4H3,(H,27,34)(H,28,32)(H,29,33)(H,30,31)(H,35,36)(H4,24,25,26). The lowest BCUT2D eigenvalue weighted by Crippen LogP contribution is -2.58. The maximum absolute atomic E-state index is 13.0. The monoisotopic (exact) mass is 515 g/mol. The molecule has 3 amide bonds. The summed E-state index contributed by atoms with van der Waals surface area (Å²) in [6, 6.07) is -4.91. The Morgan fingerprint density at radius 1 is 0.861 bits per heavy atom. The summed E-state index contributed by atoms with van der Waals surface area (Å²) in [5.74, 6) is -5.46. The Kier molecular flexibility index (Phi) is 14.7. The van der Waals surface area contributed by atoms with Gasteiger partial charge >= 0.3 is 11.9 Å². The van der Waals surface area contributed by atoms with Crippen LogP contribution in [0, 0.1) is 11.8 Å². The van der Waals surface area contributed by atoms with Crippen molar-refractivity contribution in [1.82, 2.24) is 16.0 Å². The van der Waals surface area contributed by atoms with Gasteiger partial charge in [-0.2, -0.15) is 0 Å². The molecule has 0 saturated heterocycles. The normalized spacial score (nSPS) is 15.1. The van der Waals surface area contributed by atoms with Crippen LogP contribution in [0.5, 0.6) is 0 Å². The number of amides is 3. The highest BCUT2D eigenvalue weighted by molar-refractivity contribution is 5.95. The molecule has 0 aromatic rings. The third-order valence-electron chi connectivity index (χ3n) is 5.47. The Bertz CT molecular complexity index is 800. The van der Waals surface area contributed by atoms with Crippen molar-refractivity contribution >= 4 is 35.6 Å². The smallest absolute Gasteiger partial charge is 0.326 e. The lowest BCUT2D eigenvalue weighted by atomic mass is 9.98. The number of rotatable bonds is 17. The molecule has 5 atom stereocenters.